The number of hydrogen-bond acceptors (Lipinski definition) is 2. The molecule has 1 heterocycles. The van der Waals surface area contributed by atoms with Crippen LogP contribution in [0.25, 0.3) is 0 Å². The van der Waals surface area contributed by atoms with Gasteiger partial charge in [0, 0.05) is 37.1 Å². The zero-order chi connectivity index (χ0) is 11.1. The van der Waals surface area contributed by atoms with E-state index in [-0.39, 0.29) is 0 Å². The second-order valence-electron chi connectivity index (χ2n) is 3.63. The van der Waals surface area contributed by atoms with Crippen LogP contribution in [0.5, 0.6) is 0 Å². The quantitative estimate of drug-likeness (QED) is 0.715. The van der Waals surface area contributed by atoms with E-state index in [9.17, 15) is 4.79 Å². The van der Waals surface area contributed by atoms with Gasteiger partial charge in [-0.3, -0.25) is 9.48 Å². The van der Waals surface area contributed by atoms with Crippen LogP contribution in [0.3, 0.4) is 0 Å². The number of carbonyl (C=O) groups excluding carboxylic acids is 1. The van der Waals surface area contributed by atoms with E-state index in [1.165, 1.54) is 5.69 Å². The maximum Gasteiger partial charge on any atom is 0.132 e. The number of halogens is 1. The molecule has 0 radical (unpaired) electrons. The van der Waals surface area contributed by atoms with Crippen LogP contribution in [0, 0.1) is 0 Å². The zero-order valence-corrected chi connectivity index (χ0v) is 10.7. The van der Waals surface area contributed by atoms with Crippen molar-refractivity contribution >= 4 is 21.7 Å². The highest BCUT2D eigenvalue weighted by Crippen LogP contribution is 2.06. The number of hydrogen-bond donors (Lipinski definition) is 0. The van der Waals surface area contributed by atoms with Crippen LogP contribution in [0.1, 0.15) is 31.4 Å². The van der Waals surface area contributed by atoms with E-state index in [2.05, 4.69) is 21.0 Å². The van der Waals surface area contributed by atoms with Crippen molar-refractivity contribution in [1.29, 1.82) is 0 Å². The standard InChI is InChI=1S/C11H17BrN2O/c1-14-10(7-9-13-14)4-2-5-11(15)6-3-8-12/h7,9H,2-6,8H2,1H3. The minimum Gasteiger partial charge on any atom is -0.300 e. The highest BCUT2D eigenvalue weighted by Gasteiger charge is 2.03. The molecular formula is C11H17BrN2O. The predicted octanol–water partition coefficient (Wildman–Crippen LogP) is 2.49. The summed E-state index contributed by atoms with van der Waals surface area (Å²) >= 11 is 3.32. The Labute approximate surface area is 99.0 Å². The zero-order valence-electron chi connectivity index (χ0n) is 9.08. The van der Waals surface area contributed by atoms with E-state index < -0.39 is 0 Å². The monoisotopic (exact) mass is 272 g/mol. The van der Waals surface area contributed by atoms with Gasteiger partial charge in [-0.1, -0.05) is 15.9 Å². The summed E-state index contributed by atoms with van der Waals surface area (Å²) in [6.45, 7) is 0. The van der Waals surface area contributed by atoms with Crippen LogP contribution in [0.2, 0.25) is 0 Å². The van der Waals surface area contributed by atoms with Gasteiger partial charge in [0.2, 0.25) is 0 Å². The highest BCUT2D eigenvalue weighted by atomic mass is 79.9. The Morgan fingerprint density at radius 3 is 2.80 bits per heavy atom. The van der Waals surface area contributed by atoms with Gasteiger partial charge in [0.25, 0.3) is 0 Å². The van der Waals surface area contributed by atoms with E-state index in [1.54, 1.807) is 6.20 Å². The van der Waals surface area contributed by atoms with Crippen LogP contribution in [0.15, 0.2) is 12.3 Å². The molecule has 0 aliphatic heterocycles. The molecule has 15 heavy (non-hydrogen) atoms. The number of carbonyl (C=O) groups is 1. The molecule has 3 nitrogen and oxygen atoms in total. The summed E-state index contributed by atoms with van der Waals surface area (Å²) in [6.07, 6.45) is 6.01. The number of alkyl halides is 1. The molecule has 0 amide bonds. The molecule has 0 aromatic carbocycles. The molecule has 0 atom stereocenters. The number of Topliss-reactive ketones (excluding diaryl/α,β-unsaturated/α-hetero) is 1. The largest absolute Gasteiger partial charge is 0.300 e. The summed E-state index contributed by atoms with van der Waals surface area (Å²) in [5.41, 5.74) is 1.20. The van der Waals surface area contributed by atoms with Gasteiger partial charge in [0.1, 0.15) is 5.78 Å². The lowest BCUT2D eigenvalue weighted by atomic mass is 10.1. The van der Waals surface area contributed by atoms with Crippen LogP contribution < -0.4 is 0 Å². The van der Waals surface area contributed by atoms with E-state index in [0.717, 1.165) is 24.6 Å². The van der Waals surface area contributed by atoms with Gasteiger partial charge in [-0.25, -0.2) is 0 Å². The molecule has 1 aromatic heterocycles. The maximum atomic E-state index is 11.4. The molecule has 4 heteroatoms. The van der Waals surface area contributed by atoms with Crippen molar-refractivity contribution in [3.05, 3.63) is 18.0 Å². The van der Waals surface area contributed by atoms with Crippen molar-refractivity contribution in [2.24, 2.45) is 7.05 Å². The smallest absolute Gasteiger partial charge is 0.132 e. The van der Waals surface area contributed by atoms with Crippen molar-refractivity contribution in [3.8, 4) is 0 Å². The molecule has 0 bridgehead atoms. The Bertz CT molecular complexity index is 309. The number of aromatic nitrogens is 2. The summed E-state index contributed by atoms with van der Waals surface area (Å²) < 4.78 is 1.86. The van der Waals surface area contributed by atoms with Gasteiger partial charge >= 0.3 is 0 Å². The molecule has 0 saturated heterocycles. The number of aryl methyl sites for hydroxylation is 2. The van der Waals surface area contributed by atoms with Gasteiger partial charge in [-0.05, 0) is 25.3 Å². The fraction of sp³-hybridized carbons (Fsp3) is 0.636. The van der Waals surface area contributed by atoms with Gasteiger partial charge in [-0.15, -0.1) is 0 Å². The van der Waals surface area contributed by atoms with Crippen molar-refractivity contribution in [2.45, 2.75) is 32.1 Å². The van der Waals surface area contributed by atoms with Crippen LogP contribution in [0.4, 0.5) is 0 Å². The first-order chi connectivity index (χ1) is 7.24. The molecule has 0 N–H and O–H groups in total. The summed E-state index contributed by atoms with van der Waals surface area (Å²) in [7, 11) is 1.93. The molecule has 0 aliphatic carbocycles. The molecule has 0 unspecified atom stereocenters. The third kappa shape index (κ3) is 4.60. The Morgan fingerprint density at radius 2 is 2.20 bits per heavy atom. The number of rotatable bonds is 7. The van der Waals surface area contributed by atoms with Gasteiger partial charge in [0.05, 0.1) is 0 Å². The minimum absolute atomic E-state index is 0.372. The SMILES string of the molecule is Cn1nccc1CCCC(=O)CCCBr. The normalized spacial score (nSPS) is 10.5. The second kappa shape index (κ2) is 6.77. The Morgan fingerprint density at radius 1 is 1.47 bits per heavy atom. The lowest BCUT2D eigenvalue weighted by molar-refractivity contribution is -0.119. The van der Waals surface area contributed by atoms with E-state index in [4.69, 9.17) is 0 Å². The molecule has 1 rings (SSSR count). The molecule has 0 aliphatic rings. The van der Waals surface area contributed by atoms with E-state index >= 15 is 0 Å². The Hall–Kier alpha value is -0.640. The highest BCUT2D eigenvalue weighted by molar-refractivity contribution is 9.09. The Balaban J connectivity index is 2.16. The summed E-state index contributed by atoms with van der Waals surface area (Å²) in [5, 5.41) is 5.01. The molecule has 84 valence electrons. The molecule has 0 spiro atoms. The van der Waals surface area contributed by atoms with Crippen LogP contribution in [-0.4, -0.2) is 20.9 Å². The predicted molar refractivity (Wildman–Crippen MR) is 64.2 cm³/mol. The van der Waals surface area contributed by atoms with Crippen molar-refractivity contribution in [3.63, 3.8) is 0 Å². The topological polar surface area (TPSA) is 34.9 Å². The van der Waals surface area contributed by atoms with E-state index in [1.807, 2.05) is 17.8 Å². The average Bonchev–Trinajstić information content (AvgIpc) is 2.61. The van der Waals surface area contributed by atoms with Crippen molar-refractivity contribution < 1.29 is 4.79 Å². The molecule has 1 aromatic rings. The summed E-state index contributed by atoms with van der Waals surface area (Å²) in [5.74, 6) is 0.372. The minimum atomic E-state index is 0.372. The van der Waals surface area contributed by atoms with Crippen LogP contribution >= 0.6 is 15.9 Å². The van der Waals surface area contributed by atoms with Gasteiger partial charge < -0.3 is 0 Å². The number of ketones is 1. The molecular weight excluding hydrogens is 256 g/mol. The Kier molecular flexibility index (Phi) is 5.61. The fourth-order valence-electron chi connectivity index (χ4n) is 1.50. The summed E-state index contributed by atoms with van der Waals surface area (Å²) in [4.78, 5) is 11.4. The first-order valence-corrected chi connectivity index (χ1v) is 6.40. The maximum absolute atomic E-state index is 11.4. The number of nitrogens with zero attached hydrogens (tertiary/aromatic N) is 2. The average molecular weight is 273 g/mol. The summed E-state index contributed by atoms with van der Waals surface area (Å²) in [6, 6.07) is 2.00. The third-order valence-electron chi connectivity index (χ3n) is 2.40. The van der Waals surface area contributed by atoms with Crippen LogP contribution in [-0.2, 0) is 18.3 Å². The van der Waals surface area contributed by atoms with Crippen molar-refractivity contribution in [1.82, 2.24) is 9.78 Å². The molecule has 0 fully saturated rings. The fourth-order valence-corrected chi connectivity index (χ4v) is 1.78. The van der Waals surface area contributed by atoms with Gasteiger partial charge in [0.15, 0.2) is 0 Å². The molecule has 0 saturated carbocycles. The lowest BCUT2D eigenvalue weighted by Gasteiger charge is -2.01. The van der Waals surface area contributed by atoms with Gasteiger partial charge in [-0.2, -0.15) is 5.10 Å². The third-order valence-corrected chi connectivity index (χ3v) is 2.96. The second-order valence-corrected chi connectivity index (χ2v) is 4.42. The van der Waals surface area contributed by atoms with E-state index in [0.29, 0.717) is 18.6 Å². The first kappa shape index (κ1) is 12.4. The van der Waals surface area contributed by atoms with Crippen molar-refractivity contribution in [2.75, 3.05) is 5.33 Å². The first-order valence-electron chi connectivity index (χ1n) is 5.28. The lowest BCUT2D eigenvalue weighted by Crippen LogP contribution is -2.02.